The fraction of sp³-hybridized carbons (Fsp3) is 0.556. The zero-order chi connectivity index (χ0) is 18.9. The Morgan fingerprint density at radius 2 is 2.15 bits per heavy atom. The van der Waals surface area contributed by atoms with Crippen molar-refractivity contribution in [2.45, 2.75) is 51.0 Å². The van der Waals surface area contributed by atoms with Gasteiger partial charge < -0.3 is 10.4 Å². The Labute approximate surface area is 151 Å². The monoisotopic (exact) mass is 365 g/mol. The molecule has 2 aromatic rings. The third-order valence-electron chi connectivity index (χ3n) is 5.27. The summed E-state index contributed by atoms with van der Waals surface area (Å²) >= 11 is 0. The summed E-state index contributed by atoms with van der Waals surface area (Å²) in [7, 11) is 0. The average molecular weight is 365 g/mol. The number of halogens is 2. The maximum Gasteiger partial charge on any atom is 0.137 e. The number of aromatic nitrogens is 3. The van der Waals surface area contributed by atoms with E-state index in [0.717, 1.165) is 12.6 Å². The summed E-state index contributed by atoms with van der Waals surface area (Å²) in [4.78, 5) is 6.05. The number of rotatable bonds is 5. The summed E-state index contributed by atoms with van der Waals surface area (Å²) < 4.78 is 29.5. The molecule has 3 rings (SSSR count). The second-order valence-electron chi connectivity index (χ2n) is 7.17. The van der Waals surface area contributed by atoms with E-state index in [4.69, 9.17) is 0 Å². The number of nitrogens with zero attached hydrogens (tertiary/aromatic N) is 4. The summed E-state index contributed by atoms with van der Waals surface area (Å²) in [6.45, 7) is 7.50. The van der Waals surface area contributed by atoms with Crippen molar-refractivity contribution in [3.63, 3.8) is 0 Å². The molecule has 6 nitrogen and oxygen atoms in total. The molecule has 0 spiro atoms. The zero-order valence-corrected chi connectivity index (χ0v) is 15.2. The molecule has 1 aromatic heterocycles. The predicted molar refractivity (Wildman–Crippen MR) is 93.4 cm³/mol. The van der Waals surface area contributed by atoms with Gasteiger partial charge in [-0.3, -0.25) is 4.90 Å². The molecule has 8 heteroatoms. The molecule has 1 aromatic carbocycles. The number of piperazine rings is 1. The molecule has 142 valence electrons. The standard InChI is InChI=1S/C18H25F2N5O/c1-12-8-25(13(2)7-22-12)14(3)18(26,9-24-11-21-10-23-24)16-5-4-15(19)6-17(16)20/h4-6,10-14,22,26H,7-9H2,1-3H3/t12-,13-,14-,18-/m1/s1. The highest BCUT2D eigenvalue weighted by Gasteiger charge is 2.44. The summed E-state index contributed by atoms with van der Waals surface area (Å²) in [6, 6.07) is 3.27. The van der Waals surface area contributed by atoms with Gasteiger partial charge in [0.05, 0.1) is 6.54 Å². The number of nitrogens with one attached hydrogen (secondary N) is 1. The Hall–Kier alpha value is -1.90. The van der Waals surface area contributed by atoms with Crippen molar-refractivity contribution in [1.82, 2.24) is 25.0 Å². The van der Waals surface area contributed by atoms with Crippen molar-refractivity contribution in [2.75, 3.05) is 13.1 Å². The topological polar surface area (TPSA) is 66.2 Å². The molecule has 2 heterocycles. The van der Waals surface area contributed by atoms with Crippen LogP contribution in [0.25, 0.3) is 0 Å². The molecule has 0 amide bonds. The highest BCUT2D eigenvalue weighted by Crippen LogP contribution is 2.34. The lowest BCUT2D eigenvalue weighted by molar-refractivity contribution is -0.0813. The third kappa shape index (κ3) is 3.62. The van der Waals surface area contributed by atoms with Gasteiger partial charge in [-0.15, -0.1) is 0 Å². The van der Waals surface area contributed by atoms with Crippen LogP contribution in [0.1, 0.15) is 26.3 Å². The van der Waals surface area contributed by atoms with Crippen LogP contribution in [0.5, 0.6) is 0 Å². The maximum atomic E-state index is 14.6. The molecule has 1 fully saturated rings. The Morgan fingerprint density at radius 3 is 2.81 bits per heavy atom. The predicted octanol–water partition coefficient (Wildman–Crippen LogP) is 1.51. The smallest absolute Gasteiger partial charge is 0.137 e. The van der Waals surface area contributed by atoms with E-state index in [9.17, 15) is 13.9 Å². The Balaban J connectivity index is 2.01. The van der Waals surface area contributed by atoms with Gasteiger partial charge in [-0.1, -0.05) is 6.07 Å². The molecule has 1 aliphatic heterocycles. The van der Waals surface area contributed by atoms with Crippen LogP contribution in [-0.4, -0.2) is 56.0 Å². The second-order valence-corrected chi connectivity index (χ2v) is 7.17. The van der Waals surface area contributed by atoms with Gasteiger partial charge in [-0.2, -0.15) is 5.10 Å². The first kappa shape index (κ1) is 18.9. The van der Waals surface area contributed by atoms with E-state index in [1.54, 1.807) is 0 Å². The second kappa shape index (κ2) is 7.38. The minimum atomic E-state index is -1.60. The van der Waals surface area contributed by atoms with E-state index in [1.807, 2.05) is 6.92 Å². The Kier molecular flexibility index (Phi) is 5.36. The van der Waals surface area contributed by atoms with Gasteiger partial charge >= 0.3 is 0 Å². The van der Waals surface area contributed by atoms with Gasteiger partial charge in [-0.05, 0) is 26.8 Å². The van der Waals surface area contributed by atoms with Crippen molar-refractivity contribution >= 4 is 0 Å². The van der Waals surface area contributed by atoms with Crippen molar-refractivity contribution in [1.29, 1.82) is 0 Å². The van der Waals surface area contributed by atoms with Crippen LogP contribution in [0.3, 0.4) is 0 Å². The lowest BCUT2D eigenvalue weighted by atomic mass is 9.84. The molecular formula is C18H25F2N5O. The molecule has 4 atom stereocenters. The first-order chi connectivity index (χ1) is 12.3. The molecule has 2 N–H and O–H groups in total. The van der Waals surface area contributed by atoms with Gasteiger partial charge in [0, 0.05) is 42.8 Å². The van der Waals surface area contributed by atoms with Gasteiger partial charge in [0.2, 0.25) is 0 Å². The van der Waals surface area contributed by atoms with Crippen LogP contribution in [0.4, 0.5) is 8.78 Å². The van der Waals surface area contributed by atoms with Crippen LogP contribution in [0, 0.1) is 11.6 Å². The van der Waals surface area contributed by atoms with Crippen LogP contribution < -0.4 is 5.32 Å². The number of hydrogen-bond acceptors (Lipinski definition) is 5. The van der Waals surface area contributed by atoms with Crippen LogP contribution in [0.15, 0.2) is 30.9 Å². The lowest BCUT2D eigenvalue weighted by Crippen LogP contribution is -2.62. The van der Waals surface area contributed by atoms with Crippen molar-refractivity contribution in [3.8, 4) is 0 Å². The summed E-state index contributed by atoms with van der Waals surface area (Å²) in [5.74, 6) is -1.44. The third-order valence-corrected chi connectivity index (χ3v) is 5.27. The maximum absolute atomic E-state index is 14.6. The quantitative estimate of drug-likeness (QED) is 0.841. The Morgan fingerprint density at radius 1 is 1.38 bits per heavy atom. The minimum Gasteiger partial charge on any atom is -0.381 e. The van der Waals surface area contributed by atoms with Crippen molar-refractivity contribution in [3.05, 3.63) is 48.1 Å². The van der Waals surface area contributed by atoms with Gasteiger partial charge in [0.15, 0.2) is 0 Å². The van der Waals surface area contributed by atoms with E-state index in [0.29, 0.717) is 6.54 Å². The first-order valence-corrected chi connectivity index (χ1v) is 8.80. The average Bonchev–Trinajstić information content (AvgIpc) is 3.09. The summed E-state index contributed by atoms with van der Waals surface area (Å²) in [5, 5.41) is 19.1. The SMILES string of the molecule is C[C@@H]1CN([C@H](C)[C@](O)(Cn2cncn2)c2ccc(F)cc2F)[C@H](C)CN1. The van der Waals surface area contributed by atoms with Crippen molar-refractivity contribution < 1.29 is 13.9 Å². The molecule has 0 bridgehead atoms. The number of hydrogen-bond donors (Lipinski definition) is 2. The zero-order valence-electron chi connectivity index (χ0n) is 15.2. The van der Waals surface area contributed by atoms with Crippen LogP contribution in [0.2, 0.25) is 0 Å². The first-order valence-electron chi connectivity index (χ1n) is 8.80. The fourth-order valence-corrected chi connectivity index (χ4v) is 3.71. The Bertz CT molecular complexity index is 741. The molecule has 0 aliphatic carbocycles. The highest BCUT2D eigenvalue weighted by molar-refractivity contribution is 5.27. The lowest BCUT2D eigenvalue weighted by Gasteiger charge is -2.47. The molecule has 0 unspecified atom stereocenters. The van der Waals surface area contributed by atoms with E-state index >= 15 is 0 Å². The van der Waals surface area contributed by atoms with E-state index in [2.05, 4.69) is 34.1 Å². The van der Waals surface area contributed by atoms with Crippen molar-refractivity contribution in [2.24, 2.45) is 0 Å². The van der Waals surface area contributed by atoms with Gasteiger partial charge in [-0.25, -0.2) is 18.4 Å². The van der Waals surface area contributed by atoms with Gasteiger partial charge in [0.25, 0.3) is 0 Å². The molecule has 1 saturated heterocycles. The highest BCUT2D eigenvalue weighted by atomic mass is 19.1. The number of aliphatic hydroxyl groups is 1. The number of benzene rings is 1. The van der Waals surface area contributed by atoms with E-state index in [1.165, 1.54) is 29.5 Å². The van der Waals surface area contributed by atoms with E-state index < -0.39 is 23.3 Å². The molecule has 26 heavy (non-hydrogen) atoms. The minimum absolute atomic E-state index is 0.0156. The van der Waals surface area contributed by atoms with Gasteiger partial charge in [0.1, 0.15) is 29.9 Å². The van der Waals surface area contributed by atoms with Crippen LogP contribution in [-0.2, 0) is 12.1 Å². The van der Waals surface area contributed by atoms with Crippen LogP contribution >= 0.6 is 0 Å². The molecule has 1 aliphatic rings. The molecule has 0 saturated carbocycles. The van der Waals surface area contributed by atoms with E-state index in [-0.39, 0.29) is 24.2 Å². The summed E-state index contributed by atoms with van der Waals surface area (Å²) in [5.41, 5.74) is -1.54. The normalized spacial score (nSPS) is 25.0. The molecular weight excluding hydrogens is 340 g/mol. The summed E-state index contributed by atoms with van der Waals surface area (Å²) in [6.07, 6.45) is 2.84. The largest absolute Gasteiger partial charge is 0.381 e. The molecule has 0 radical (unpaired) electrons. The fourth-order valence-electron chi connectivity index (χ4n) is 3.71.